The van der Waals surface area contributed by atoms with Crippen LogP contribution in [0.3, 0.4) is 0 Å². The van der Waals surface area contributed by atoms with Gasteiger partial charge in [-0.1, -0.05) is 0 Å². The Morgan fingerprint density at radius 2 is 2.00 bits per heavy atom. The molecule has 0 fully saturated rings. The van der Waals surface area contributed by atoms with Crippen LogP contribution in [0, 0.1) is 0 Å². The first-order valence-electron chi connectivity index (χ1n) is 5.27. The molecule has 0 radical (unpaired) electrons. The monoisotopic (exact) mass is 224 g/mol. The summed E-state index contributed by atoms with van der Waals surface area (Å²) in [5.41, 5.74) is 12.6. The molecule has 5 heteroatoms. The number of anilines is 2. The summed E-state index contributed by atoms with van der Waals surface area (Å²) in [6.45, 7) is 3.51. The number of hydrogen-bond donors (Lipinski definition) is 2. The molecular formula is C11H16N2O3. The molecule has 1 aliphatic heterocycles. The molecule has 2 rings (SSSR count). The predicted molar refractivity (Wildman–Crippen MR) is 61.7 cm³/mol. The number of rotatable bonds is 3. The SMILES string of the molecule is CCOCC1COc2c(N)ccc(N)c2O1. The Labute approximate surface area is 94.3 Å². The van der Waals surface area contributed by atoms with Crippen LogP contribution in [-0.2, 0) is 4.74 Å². The smallest absolute Gasteiger partial charge is 0.186 e. The maximum absolute atomic E-state index is 5.80. The minimum absolute atomic E-state index is 0.128. The van der Waals surface area contributed by atoms with Crippen molar-refractivity contribution in [1.29, 1.82) is 0 Å². The van der Waals surface area contributed by atoms with Crippen LogP contribution in [0.5, 0.6) is 11.5 Å². The maximum Gasteiger partial charge on any atom is 0.186 e. The highest BCUT2D eigenvalue weighted by atomic mass is 16.6. The first kappa shape index (κ1) is 10.9. The van der Waals surface area contributed by atoms with Crippen LogP contribution in [0.4, 0.5) is 11.4 Å². The molecule has 0 amide bonds. The van der Waals surface area contributed by atoms with E-state index in [4.69, 9.17) is 25.7 Å². The number of ether oxygens (including phenoxy) is 3. The van der Waals surface area contributed by atoms with Gasteiger partial charge in [-0.3, -0.25) is 0 Å². The van der Waals surface area contributed by atoms with E-state index in [1.807, 2.05) is 6.92 Å². The van der Waals surface area contributed by atoms with Crippen LogP contribution >= 0.6 is 0 Å². The van der Waals surface area contributed by atoms with Crippen LogP contribution < -0.4 is 20.9 Å². The van der Waals surface area contributed by atoms with Gasteiger partial charge in [0.1, 0.15) is 6.61 Å². The molecule has 88 valence electrons. The first-order chi connectivity index (χ1) is 7.72. The van der Waals surface area contributed by atoms with Gasteiger partial charge in [0.05, 0.1) is 18.0 Å². The zero-order valence-electron chi connectivity index (χ0n) is 9.23. The van der Waals surface area contributed by atoms with Crippen LogP contribution in [0.2, 0.25) is 0 Å². The summed E-state index contributed by atoms with van der Waals surface area (Å²) in [7, 11) is 0. The highest BCUT2D eigenvalue weighted by molar-refractivity contribution is 5.71. The van der Waals surface area contributed by atoms with Gasteiger partial charge in [-0.15, -0.1) is 0 Å². The van der Waals surface area contributed by atoms with E-state index in [0.29, 0.717) is 42.7 Å². The quantitative estimate of drug-likeness (QED) is 0.749. The third kappa shape index (κ3) is 1.99. The highest BCUT2D eigenvalue weighted by Crippen LogP contribution is 2.41. The van der Waals surface area contributed by atoms with Gasteiger partial charge >= 0.3 is 0 Å². The average Bonchev–Trinajstić information content (AvgIpc) is 2.31. The van der Waals surface area contributed by atoms with E-state index in [9.17, 15) is 0 Å². The van der Waals surface area contributed by atoms with Crippen molar-refractivity contribution in [2.75, 3.05) is 31.3 Å². The van der Waals surface area contributed by atoms with Crippen LogP contribution in [0.1, 0.15) is 6.92 Å². The lowest BCUT2D eigenvalue weighted by Gasteiger charge is -2.27. The molecule has 0 aliphatic carbocycles. The van der Waals surface area contributed by atoms with Crippen LogP contribution in [0.25, 0.3) is 0 Å². The first-order valence-corrected chi connectivity index (χ1v) is 5.27. The Morgan fingerprint density at radius 3 is 2.69 bits per heavy atom. The van der Waals surface area contributed by atoms with Crippen LogP contribution in [-0.4, -0.2) is 25.9 Å². The maximum atomic E-state index is 5.80. The molecule has 0 aromatic heterocycles. The largest absolute Gasteiger partial charge is 0.484 e. The summed E-state index contributed by atoms with van der Waals surface area (Å²) in [5, 5.41) is 0. The van der Waals surface area contributed by atoms with E-state index < -0.39 is 0 Å². The number of hydrogen-bond acceptors (Lipinski definition) is 5. The molecule has 0 saturated heterocycles. The molecule has 1 aromatic rings. The summed E-state index contributed by atoms with van der Waals surface area (Å²) in [6, 6.07) is 3.42. The Bertz CT molecular complexity index is 382. The fraction of sp³-hybridized carbons (Fsp3) is 0.455. The molecule has 1 aromatic carbocycles. The zero-order valence-corrected chi connectivity index (χ0v) is 9.23. The molecule has 1 aliphatic rings. The number of fused-ring (bicyclic) bond motifs is 1. The molecule has 0 spiro atoms. The molecule has 16 heavy (non-hydrogen) atoms. The molecule has 0 saturated carbocycles. The molecule has 4 N–H and O–H groups in total. The zero-order chi connectivity index (χ0) is 11.5. The second kappa shape index (κ2) is 4.49. The lowest BCUT2D eigenvalue weighted by Crippen LogP contribution is -2.34. The van der Waals surface area contributed by atoms with Gasteiger partial charge in [-0.25, -0.2) is 0 Å². The Balaban J connectivity index is 2.16. The Kier molecular flexibility index (Phi) is 3.05. The standard InChI is InChI=1S/C11H16N2O3/c1-2-14-5-7-6-15-10-8(12)3-4-9(13)11(10)16-7/h3-4,7H,2,5-6,12-13H2,1H3. The summed E-state index contributed by atoms with van der Waals surface area (Å²) >= 11 is 0. The molecule has 1 unspecified atom stereocenters. The number of nitrogens with two attached hydrogens (primary N) is 2. The van der Waals surface area contributed by atoms with E-state index in [1.165, 1.54) is 0 Å². The van der Waals surface area contributed by atoms with E-state index in [1.54, 1.807) is 12.1 Å². The van der Waals surface area contributed by atoms with Crippen LogP contribution in [0.15, 0.2) is 12.1 Å². The Hall–Kier alpha value is -1.62. The number of benzene rings is 1. The highest BCUT2D eigenvalue weighted by Gasteiger charge is 2.24. The van der Waals surface area contributed by atoms with Gasteiger partial charge in [0.2, 0.25) is 0 Å². The summed E-state index contributed by atoms with van der Waals surface area (Å²) in [5.74, 6) is 1.06. The summed E-state index contributed by atoms with van der Waals surface area (Å²) < 4.78 is 16.5. The van der Waals surface area contributed by atoms with Crippen molar-refractivity contribution in [3.05, 3.63) is 12.1 Å². The van der Waals surface area contributed by atoms with Crippen molar-refractivity contribution < 1.29 is 14.2 Å². The van der Waals surface area contributed by atoms with Gasteiger partial charge in [0, 0.05) is 6.61 Å². The molecule has 1 heterocycles. The van der Waals surface area contributed by atoms with Crippen molar-refractivity contribution in [3.8, 4) is 11.5 Å². The van der Waals surface area contributed by atoms with Crippen molar-refractivity contribution in [2.45, 2.75) is 13.0 Å². The lowest BCUT2D eigenvalue weighted by molar-refractivity contribution is 0.0137. The van der Waals surface area contributed by atoms with Crippen molar-refractivity contribution in [2.24, 2.45) is 0 Å². The minimum atomic E-state index is -0.128. The second-order valence-corrected chi connectivity index (χ2v) is 3.61. The molecule has 0 bridgehead atoms. The van der Waals surface area contributed by atoms with Crippen molar-refractivity contribution in [3.63, 3.8) is 0 Å². The third-order valence-corrected chi connectivity index (χ3v) is 2.38. The molecule has 1 atom stereocenters. The fourth-order valence-electron chi connectivity index (χ4n) is 1.57. The minimum Gasteiger partial charge on any atom is -0.484 e. The average molecular weight is 224 g/mol. The van der Waals surface area contributed by atoms with Gasteiger partial charge in [-0.2, -0.15) is 0 Å². The lowest BCUT2D eigenvalue weighted by atomic mass is 10.2. The van der Waals surface area contributed by atoms with Gasteiger partial charge in [-0.05, 0) is 19.1 Å². The van der Waals surface area contributed by atoms with Gasteiger partial charge in [0.15, 0.2) is 17.6 Å². The van der Waals surface area contributed by atoms with Crippen molar-refractivity contribution >= 4 is 11.4 Å². The van der Waals surface area contributed by atoms with E-state index in [0.717, 1.165) is 0 Å². The Morgan fingerprint density at radius 1 is 1.31 bits per heavy atom. The van der Waals surface area contributed by atoms with Gasteiger partial charge in [0.25, 0.3) is 0 Å². The predicted octanol–water partition coefficient (Wildman–Crippen LogP) is 1.03. The van der Waals surface area contributed by atoms with E-state index >= 15 is 0 Å². The summed E-state index contributed by atoms with van der Waals surface area (Å²) in [4.78, 5) is 0. The molecular weight excluding hydrogens is 208 g/mol. The topological polar surface area (TPSA) is 79.7 Å². The fourth-order valence-corrected chi connectivity index (χ4v) is 1.57. The molecule has 5 nitrogen and oxygen atoms in total. The van der Waals surface area contributed by atoms with E-state index in [-0.39, 0.29) is 6.10 Å². The summed E-state index contributed by atoms with van der Waals surface area (Å²) in [6.07, 6.45) is -0.128. The second-order valence-electron chi connectivity index (χ2n) is 3.61. The third-order valence-electron chi connectivity index (χ3n) is 2.38. The normalized spacial score (nSPS) is 18.4. The van der Waals surface area contributed by atoms with Gasteiger partial charge < -0.3 is 25.7 Å². The van der Waals surface area contributed by atoms with E-state index in [2.05, 4.69) is 0 Å². The van der Waals surface area contributed by atoms with Crippen molar-refractivity contribution in [1.82, 2.24) is 0 Å². The number of nitrogen functional groups attached to an aromatic ring is 2.